The van der Waals surface area contributed by atoms with Crippen LogP contribution in [0.3, 0.4) is 0 Å². The molecule has 3 heterocycles. The molecule has 1 aromatic carbocycles. The zero-order valence-electron chi connectivity index (χ0n) is 21.3. The Hall–Kier alpha value is -3.43. The van der Waals surface area contributed by atoms with Gasteiger partial charge in [-0.2, -0.15) is 0 Å². The summed E-state index contributed by atoms with van der Waals surface area (Å²) >= 11 is 0. The third-order valence-electron chi connectivity index (χ3n) is 7.27. The van der Waals surface area contributed by atoms with E-state index < -0.39 is 6.10 Å². The number of nitrogens with zero attached hydrogens (tertiary/aromatic N) is 3. The molecule has 2 aromatic heterocycles. The summed E-state index contributed by atoms with van der Waals surface area (Å²) < 4.78 is 11.2. The van der Waals surface area contributed by atoms with Crippen LogP contribution in [0.15, 0.2) is 47.5 Å². The Labute approximate surface area is 217 Å². The molecule has 37 heavy (non-hydrogen) atoms. The zero-order chi connectivity index (χ0) is 25.6. The average molecular weight is 506 g/mol. The minimum Gasteiger partial charge on any atom is -0.485 e. The molecule has 1 aliphatic heterocycles. The molecular weight excluding hydrogens is 470 g/mol. The molecule has 5 rings (SSSR count). The molecule has 1 unspecified atom stereocenters. The number of hydrogen-bond donors (Lipinski definition) is 3. The molecular formula is C28H35N5O4. The summed E-state index contributed by atoms with van der Waals surface area (Å²) in [6.45, 7) is 4.72. The van der Waals surface area contributed by atoms with Crippen molar-refractivity contribution in [3.63, 3.8) is 0 Å². The lowest BCUT2D eigenvalue weighted by Crippen LogP contribution is -2.42. The minimum atomic E-state index is -0.658. The highest BCUT2D eigenvalue weighted by atomic mass is 16.5. The van der Waals surface area contributed by atoms with Gasteiger partial charge in [0.05, 0.1) is 12.3 Å². The lowest BCUT2D eigenvalue weighted by atomic mass is 9.94. The number of amides is 1. The van der Waals surface area contributed by atoms with E-state index in [0.29, 0.717) is 30.5 Å². The molecule has 3 N–H and O–H groups in total. The van der Waals surface area contributed by atoms with Crippen LogP contribution in [0, 0.1) is 6.92 Å². The van der Waals surface area contributed by atoms with Crippen molar-refractivity contribution in [3.8, 4) is 5.75 Å². The number of pyridine rings is 1. The lowest BCUT2D eigenvalue weighted by molar-refractivity contribution is 0.0841. The number of oxazole rings is 1. The molecule has 9 heteroatoms. The number of aromatic nitrogens is 2. The van der Waals surface area contributed by atoms with E-state index in [0.717, 1.165) is 49.5 Å². The Morgan fingerprint density at radius 3 is 2.97 bits per heavy atom. The quantitative estimate of drug-likeness (QED) is 0.384. The zero-order valence-corrected chi connectivity index (χ0v) is 21.3. The molecule has 0 spiro atoms. The largest absolute Gasteiger partial charge is 0.485 e. The number of hydrogen-bond acceptors (Lipinski definition) is 8. The van der Waals surface area contributed by atoms with Crippen LogP contribution >= 0.6 is 0 Å². The Balaban J connectivity index is 1.10. The Morgan fingerprint density at radius 2 is 2.16 bits per heavy atom. The molecule has 0 radical (unpaired) electrons. The van der Waals surface area contributed by atoms with E-state index in [1.54, 1.807) is 24.5 Å². The summed E-state index contributed by atoms with van der Waals surface area (Å²) in [5.41, 5.74) is 4.23. The van der Waals surface area contributed by atoms with Gasteiger partial charge in [-0.15, -0.1) is 0 Å². The van der Waals surface area contributed by atoms with Crippen LogP contribution < -0.4 is 15.4 Å². The minimum absolute atomic E-state index is 0.198. The Bertz CT molecular complexity index is 1190. The highest BCUT2D eigenvalue weighted by molar-refractivity contribution is 5.94. The first kappa shape index (κ1) is 25.2. The first-order chi connectivity index (χ1) is 18.0. The van der Waals surface area contributed by atoms with Crippen LogP contribution in [0.2, 0.25) is 0 Å². The summed E-state index contributed by atoms with van der Waals surface area (Å²) in [5, 5.41) is 16.9. The molecule has 2 aliphatic rings. The predicted molar refractivity (Wildman–Crippen MR) is 139 cm³/mol. The van der Waals surface area contributed by atoms with Gasteiger partial charge in [-0.1, -0.05) is 18.9 Å². The number of ether oxygens (including phenoxy) is 1. The van der Waals surface area contributed by atoms with E-state index in [1.807, 2.05) is 6.07 Å². The third kappa shape index (κ3) is 6.47. The molecule has 1 amide bonds. The van der Waals surface area contributed by atoms with Crippen molar-refractivity contribution in [2.45, 2.75) is 64.3 Å². The number of carbonyl (C=O) groups is 1. The van der Waals surface area contributed by atoms with Gasteiger partial charge in [0.1, 0.15) is 18.2 Å². The maximum atomic E-state index is 12.7. The standard InChI is InChI=1S/C28H35N5O4/c1-19-25-9-11-33(15-21(25)6-7-26(19)36-17-24-14-29-18-37-24)16-23(34)13-31-28(35)20-8-10-30-27(12-20)32-22-4-2-3-5-22/h6-8,10,12,14,18,22-23,34H,2-5,9,11,13,15-17H2,1H3,(H,30,32)(H,31,35). The van der Waals surface area contributed by atoms with E-state index in [1.165, 1.54) is 30.4 Å². The molecule has 9 nitrogen and oxygen atoms in total. The number of aliphatic hydroxyl groups is 1. The summed E-state index contributed by atoms with van der Waals surface area (Å²) in [6.07, 6.45) is 9.69. The Kier molecular flexibility index (Phi) is 8.01. The van der Waals surface area contributed by atoms with Gasteiger partial charge >= 0.3 is 0 Å². The van der Waals surface area contributed by atoms with Gasteiger partial charge in [-0.3, -0.25) is 9.69 Å². The molecule has 196 valence electrons. The van der Waals surface area contributed by atoms with Crippen molar-refractivity contribution in [3.05, 3.63) is 71.1 Å². The van der Waals surface area contributed by atoms with Gasteiger partial charge < -0.3 is 24.9 Å². The number of aliphatic hydroxyl groups excluding tert-OH is 1. The van der Waals surface area contributed by atoms with Crippen molar-refractivity contribution >= 4 is 11.7 Å². The number of anilines is 1. The summed E-state index contributed by atoms with van der Waals surface area (Å²) in [4.78, 5) is 23.2. The average Bonchev–Trinajstić information content (AvgIpc) is 3.62. The highest BCUT2D eigenvalue weighted by Gasteiger charge is 2.22. The topological polar surface area (TPSA) is 113 Å². The molecule has 1 saturated carbocycles. The monoisotopic (exact) mass is 505 g/mol. The number of benzene rings is 1. The first-order valence-corrected chi connectivity index (χ1v) is 13.1. The van der Waals surface area contributed by atoms with Crippen LogP contribution in [-0.4, -0.2) is 57.7 Å². The highest BCUT2D eigenvalue weighted by Crippen LogP contribution is 2.30. The van der Waals surface area contributed by atoms with E-state index in [-0.39, 0.29) is 12.5 Å². The van der Waals surface area contributed by atoms with Gasteiger partial charge in [0.2, 0.25) is 0 Å². The van der Waals surface area contributed by atoms with E-state index in [2.05, 4.69) is 38.5 Å². The van der Waals surface area contributed by atoms with Crippen LogP contribution in [0.1, 0.15) is 58.5 Å². The summed E-state index contributed by atoms with van der Waals surface area (Å²) in [6, 6.07) is 8.01. The SMILES string of the molecule is Cc1c(OCc2cnco2)ccc2c1CCN(CC(O)CNC(=O)c1ccnc(NC3CCCC3)c1)C2. The fourth-order valence-electron chi connectivity index (χ4n) is 5.26. The summed E-state index contributed by atoms with van der Waals surface area (Å²) in [5.74, 6) is 2.07. The van der Waals surface area contributed by atoms with Crippen molar-refractivity contribution in [2.24, 2.45) is 0 Å². The second-order valence-electron chi connectivity index (χ2n) is 9.99. The van der Waals surface area contributed by atoms with Crippen LogP contribution in [0.5, 0.6) is 5.75 Å². The molecule has 1 fully saturated rings. The third-order valence-corrected chi connectivity index (χ3v) is 7.27. The summed E-state index contributed by atoms with van der Waals surface area (Å²) in [7, 11) is 0. The maximum absolute atomic E-state index is 12.7. The second-order valence-corrected chi connectivity index (χ2v) is 9.99. The molecule has 3 aromatic rings. The normalized spacial score (nSPS) is 16.8. The smallest absolute Gasteiger partial charge is 0.251 e. The fourth-order valence-corrected chi connectivity index (χ4v) is 5.26. The van der Waals surface area contributed by atoms with Gasteiger partial charge in [0, 0.05) is 44.0 Å². The number of rotatable bonds is 10. The van der Waals surface area contributed by atoms with Crippen LogP contribution in [0.4, 0.5) is 5.82 Å². The maximum Gasteiger partial charge on any atom is 0.251 e. The van der Waals surface area contributed by atoms with Gasteiger partial charge in [0.15, 0.2) is 12.2 Å². The van der Waals surface area contributed by atoms with Crippen LogP contribution in [0.25, 0.3) is 0 Å². The van der Waals surface area contributed by atoms with E-state index in [4.69, 9.17) is 9.15 Å². The molecule has 1 atom stereocenters. The van der Waals surface area contributed by atoms with Crippen LogP contribution in [-0.2, 0) is 19.6 Å². The predicted octanol–water partition coefficient (Wildman–Crippen LogP) is 3.46. The number of fused-ring (bicyclic) bond motifs is 1. The number of β-amino-alcohol motifs (C(OH)–C–C–N with tert-alkyl or cyclic N) is 1. The van der Waals surface area contributed by atoms with E-state index >= 15 is 0 Å². The van der Waals surface area contributed by atoms with Crippen molar-refractivity contribution < 1.29 is 19.1 Å². The lowest BCUT2D eigenvalue weighted by Gasteiger charge is -2.31. The molecule has 0 bridgehead atoms. The van der Waals surface area contributed by atoms with Gasteiger partial charge in [0.25, 0.3) is 5.91 Å². The van der Waals surface area contributed by atoms with Crippen molar-refractivity contribution in [1.29, 1.82) is 0 Å². The Morgan fingerprint density at radius 1 is 1.30 bits per heavy atom. The van der Waals surface area contributed by atoms with Crippen molar-refractivity contribution in [1.82, 2.24) is 20.2 Å². The fraction of sp³-hybridized carbons (Fsp3) is 0.464. The number of carbonyl (C=O) groups excluding carboxylic acids is 1. The molecule has 0 saturated heterocycles. The second kappa shape index (κ2) is 11.7. The van der Waals surface area contributed by atoms with Gasteiger partial charge in [-0.05, 0) is 61.1 Å². The molecule has 1 aliphatic carbocycles. The van der Waals surface area contributed by atoms with Crippen molar-refractivity contribution in [2.75, 3.05) is 25.0 Å². The first-order valence-electron chi connectivity index (χ1n) is 13.1. The number of nitrogens with one attached hydrogen (secondary N) is 2. The van der Waals surface area contributed by atoms with E-state index in [9.17, 15) is 9.90 Å². The van der Waals surface area contributed by atoms with Gasteiger partial charge in [-0.25, -0.2) is 9.97 Å².